The van der Waals surface area contributed by atoms with Gasteiger partial charge in [-0.1, -0.05) is 0 Å². The number of benzene rings is 1. The molecule has 0 aliphatic carbocycles. The van der Waals surface area contributed by atoms with Gasteiger partial charge in [0.25, 0.3) is 11.8 Å². The van der Waals surface area contributed by atoms with Crippen molar-refractivity contribution in [2.75, 3.05) is 24.2 Å². The first-order chi connectivity index (χ1) is 13.7. The third-order valence-corrected chi connectivity index (χ3v) is 3.64. The van der Waals surface area contributed by atoms with Crippen molar-refractivity contribution in [1.82, 2.24) is 10.3 Å². The van der Waals surface area contributed by atoms with Crippen molar-refractivity contribution in [2.24, 2.45) is 0 Å². The van der Waals surface area contributed by atoms with Gasteiger partial charge in [-0.3, -0.25) is 9.59 Å². The fourth-order valence-electron chi connectivity index (χ4n) is 2.29. The summed E-state index contributed by atoms with van der Waals surface area (Å²) < 4.78 is 52.2. The van der Waals surface area contributed by atoms with Crippen molar-refractivity contribution in [3.05, 3.63) is 53.0 Å². The highest BCUT2D eigenvalue weighted by Crippen LogP contribution is 2.31. The van der Waals surface area contributed by atoms with E-state index >= 15 is 0 Å². The van der Waals surface area contributed by atoms with Gasteiger partial charge >= 0.3 is 6.18 Å². The first-order valence-electron chi connectivity index (χ1n) is 8.17. The molecule has 0 unspecified atom stereocenters. The molecule has 0 saturated carbocycles. The van der Waals surface area contributed by atoms with E-state index < -0.39 is 34.9 Å². The number of hydrogen-bond acceptors (Lipinski definition) is 5. The number of nitrogens with zero attached hydrogens (tertiary/aromatic N) is 2. The molecule has 29 heavy (non-hydrogen) atoms. The molecule has 0 fully saturated rings. The van der Waals surface area contributed by atoms with Gasteiger partial charge in [-0.05, 0) is 24.3 Å². The van der Waals surface area contributed by atoms with Crippen LogP contribution in [0.2, 0.25) is 0 Å². The molecule has 11 heteroatoms. The molecular weight excluding hydrogens is 394 g/mol. The van der Waals surface area contributed by atoms with Gasteiger partial charge < -0.3 is 16.0 Å². The van der Waals surface area contributed by atoms with E-state index in [1.807, 2.05) is 6.07 Å². The van der Waals surface area contributed by atoms with Crippen molar-refractivity contribution in [3.63, 3.8) is 0 Å². The molecule has 152 valence electrons. The van der Waals surface area contributed by atoms with Crippen LogP contribution in [0, 0.1) is 17.1 Å². The van der Waals surface area contributed by atoms with E-state index in [0.717, 1.165) is 0 Å². The van der Waals surface area contributed by atoms with Gasteiger partial charge in [0.05, 0.1) is 29.3 Å². The zero-order valence-corrected chi connectivity index (χ0v) is 15.0. The lowest BCUT2D eigenvalue weighted by atomic mass is 10.1. The van der Waals surface area contributed by atoms with E-state index in [-0.39, 0.29) is 36.1 Å². The summed E-state index contributed by atoms with van der Waals surface area (Å²) in [5.74, 6) is -2.68. The van der Waals surface area contributed by atoms with Crippen molar-refractivity contribution < 1.29 is 27.2 Å². The Balaban J connectivity index is 2.38. The van der Waals surface area contributed by atoms with Crippen molar-refractivity contribution in [2.45, 2.75) is 12.6 Å². The maximum atomic E-state index is 13.6. The van der Waals surface area contributed by atoms with E-state index in [2.05, 4.69) is 20.9 Å². The van der Waals surface area contributed by atoms with Crippen LogP contribution in [0.25, 0.3) is 0 Å². The Morgan fingerprint density at radius 2 is 1.86 bits per heavy atom. The Bertz CT molecular complexity index is 970. The summed E-state index contributed by atoms with van der Waals surface area (Å²) >= 11 is 0. The average molecular weight is 409 g/mol. The van der Waals surface area contributed by atoms with Crippen LogP contribution in [0.4, 0.5) is 29.1 Å². The highest BCUT2D eigenvalue weighted by molar-refractivity contribution is 6.06. The number of carbonyl (C=O) groups is 2. The van der Waals surface area contributed by atoms with Gasteiger partial charge in [-0.2, -0.15) is 18.4 Å². The minimum Gasteiger partial charge on any atom is -0.367 e. The van der Waals surface area contributed by atoms with E-state index in [1.54, 1.807) is 0 Å². The number of aromatic nitrogens is 1. The standard InChI is InChI=1S/C18H15F4N5O2/c1-24-16(28)11-7-14(15(26-9-11)25-4-2-3-23)27-17(29)10-5-12(18(20,21)22)8-13(19)6-10/h5-9H,2,4H2,1H3,(H,24,28)(H,25,26)(H,27,29). The third kappa shape index (κ3) is 5.65. The van der Waals surface area contributed by atoms with Crippen molar-refractivity contribution in [3.8, 4) is 6.07 Å². The highest BCUT2D eigenvalue weighted by Gasteiger charge is 2.32. The van der Waals surface area contributed by atoms with Gasteiger partial charge in [0, 0.05) is 25.4 Å². The molecule has 7 nitrogen and oxygen atoms in total. The number of alkyl halides is 3. The maximum absolute atomic E-state index is 13.6. The number of halogens is 4. The average Bonchev–Trinajstić information content (AvgIpc) is 2.67. The lowest BCUT2D eigenvalue weighted by molar-refractivity contribution is -0.137. The number of rotatable bonds is 6. The summed E-state index contributed by atoms with van der Waals surface area (Å²) in [6.07, 6.45) is -3.50. The Morgan fingerprint density at radius 1 is 1.14 bits per heavy atom. The molecule has 0 saturated heterocycles. The SMILES string of the molecule is CNC(=O)c1cnc(NCCC#N)c(NC(=O)c2cc(F)cc(C(F)(F)F)c2)c1. The second-order valence-corrected chi connectivity index (χ2v) is 5.71. The van der Waals surface area contributed by atoms with E-state index in [0.29, 0.717) is 12.1 Å². The smallest absolute Gasteiger partial charge is 0.367 e. The number of carbonyl (C=O) groups excluding carboxylic acids is 2. The van der Waals surface area contributed by atoms with Crippen LogP contribution in [0.1, 0.15) is 32.7 Å². The minimum atomic E-state index is -4.83. The molecule has 0 atom stereocenters. The van der Waals surface area contributed by atoms with Crippen LogP contribution in [0.5, 0.6) is 0 Å². The largest absolute Gasteiger partial charge is 0.416 e. The molecule has 0 aliphatic rings. The molecule has 0 aliphatic heterocycles. The number of pyridine rings is 1. The van der Waals surface area contributed by atoms with Crippen LogP contribution in [0.15, 0.2) is 30.5 Å². The fraction of sp³-hybridized carbons (Fsp3) is 0.222. The molecular formula is C18H15F4N5O2. The predicted octanol–water partition coefficient (Wildman–Crippen LogP) is 3.18. The third-order valence-electron chi connectivity index (χ3n) is 3.64. The Labute approximate surface area is 162 Å². The van der Waals surface area contributed by atoms with Gasteiger partial charge in [0.2, 0.25) is 0 Å². The number of amides is 2. The molecule has 0 bridgehead atoms. The topological polar surface area (TPSA) is 107 Å². The van der Waals surface area contributed by atoms with Crippen LogP contribution < -0.4 is 16.0 Å². The molecule has 2 amide bonds. The maximum Gasteiger partial charge on any atom is 0.416 e. The molecule has 2 rings (SSSR count). The Morgan fingerprint density at radius 3 is 2.48 bits per heavy atom. The van der Waals surface area contributed by atoms with Gasteiger partial charge in [0.15, 0.2) is 0 Å². The first kappa shape index (κ1) is 21.6. The van der Waals surface area contributed by atoms with E-state index in [9.17, 15) is 27.2 Å². The van der Waals surface area contributed by atoms with Crippen LogP contribution >= 0.6 is 0 Å². The summed E-state index contributed by atoms with van der Waals surface area (Å²) in [4.78, 5) is 28.2. The Kier molecular flexibility index (Phi) is 6.71. The number of hydrogen-bond donors (Lipinski definition) is 3. The molecule has 1 aromatic heterocycles. The zero-order valence-electron chi connectivity index (χ0n) is 15.0. The Hall–Kier alpha value is -3.68. The van der Waals surface area contributed by atoms with Crippen LogP contribution in [0.3, 0.4) is 0 Å². The predicted molar refractivity (Wildman–Crippen MR) is 95.7 cm³/mol. The van der Waals surface area contributed by atoms with E-state index in [1.165, 1.54) is 19.3 Å². The summed E-state index contributed by atoms with van der Waals surface area (Å²) in [5.41, 5.74) is -1.83. The van der Waals surface area contributed by atoms with E-state index in [4.69, 9.17) is 5.26 Å². The molecule has 3 N–H and O–H groups in total. The molecule has 2 aromatic rings. The van der Waals surface area contributed by atoms with Crippen LogP contribution in [-0.2, 0) is 6.18 Å². The second kappa shape index (κ2) is 9.01. The summed E-state index contributed by atoms with van der Waals surface area (Å²) in [5, 5.41) is 16.1. The van der Waals surface area contributed by atoms with Crippen molar-refractivity contribution in [1.29, 1.82) is 5.26 Å². The summed E-state index contributed by atoms with van der Waals surface area (Å²) in [6, 6.07) is 4.60. The normalized spacial score (nSPS) is 10.8. The number of anilines is 2. The number of nitriles is 1. The van der Waals surface area contributed by atoms with Gasteiger partial charge in [-0.15, -0.1) is 0 Å². The van der Waals surface area contributed by atoms with Crippen LogP contribution in [-0.4, -0.2) is 30.4 Å². The number of nitrogens with one attached hydrogen (secondary N) is 3. The highest BCUT2D eigenvalue weighted by atomic mass is 19.4. The molecule has 1 heterocycles. The van der Waals surface area contributed by atoms with Crippen molar-refractivity contribution >= 4 is 23.3 Å². The fourth-order valence-corrected chi connectivity index (χ4v) is 2.29. The van der Waals surface area contributed by atoms with Gasteiger partial charge in [-0.25, -0.2) is 9.37 Å². The first-order valence-corrected chi connectivity index (χ1v) is 8.17. The minimum absolute atomic E-state index is 0.0214. The quantitative estimate of drug-likeness (QED) is 0.502. The summed E-state index contributed by atoms with van der Waals surface area (Å²) in [7, 11) is 1.38. The van der Waals surface area contributed by atoms with Gasteiger partial charge in [0.1, 0.15) is 11.6 Å². The molecule has 0 radical (unpaired) electrons. The lowest BCUT2D eigenvalue weighted by Gasteiger charge is -2.14. The monoisotopic (exact) mass is 409 g/mol. The molecule has 0 spiro atoms. The molecule has 1 aromatic carbocycles. The lowest BCUT2D eigenvalue weighted by Crippen LogP contribution is -2.20. The summed E-state index contributed by atoms with van der Waals surface area (Å²) in [6.45, 7) is 0.171. The zero-order chi connectivity index (χ0) is 21.6. The second-order valence-electron chi connectivity index (χ2n) is 5.71.